The van der Waals surface area contributed by atoms with E-state index < -0.39 is 6.10 Å². The number of benzene rings is 3. The van der Waals surface area contributed by atoms with Gasteiger partial charge in [-0.2, -0.15) is 5.26 Å². The fourth-order valence-corrected chi connectivity index (χ4v) is 2.81. The second-order valence-electron chi connectivity index (χ2n) is 5.93. The molecule has 3 aromatic carbocycles. The van der Waals surface area contributed by atoms with Crippen LogP contribution in [0.1, 0.15) is 34.5 Å². The van der Waals surface area contributed by atoms with Crippen LogP contribution in [0.5, 0.6) is 0 Å². The zero-order valence-corrected chi connectivity index (χ0v) is 13.9. The van der Waals surface area contributed by atoms with Gasteiger partial charge >= 0.3 is 0 Å². The molecule has 0 bridgehead atoms. The highest BCUT2D eigenvalue weighted by molar-refractivity contribution is 5.99. The summed E-state index contributed by atoms with van der Waals surface area (Å²) in [4.78, 5) is 11.7. The average Bonchev–Trinajstić information content (AvgIpc) is 2.65. The van der Waals surface area contributed by atoms with Gasteiger partial charge < -0.3 is 10.4 Å². The second kappa shape index (κ2) is 7.16. The number of aliphatic hydroxyl groups is 1. The second-order valence-corrected chi connectivity index (χ2v) is 5.93. The lowest BCUT2D eigenvalue weighted by molar-refractivity contribution is 0.101. The number of nitrogens with one attached hydrogen (secondary N) is 1. The van der Waals surface area contributed by atoms with E-state index in [9.17, 15) is 9.90 Å². The van der Waals surface area contributed by atoms with E-state index in [0.717, 1.165) is 16.3 Å². The summed E-state index contributed by atoms with van der Waals surface area (Å²) >= 11 is 0. The number of anilines is 1. The molecule has 0 aliphatic carbocycles. The number of rotatable bonds is 5. The van der Waals surface area contributed by atoms with Crippen molar-refractivity contribution in [1.82, 2.24) is 0 Å². The molecule has 0 heterocycles. The molecule has 25 heavy (non-hydrogen) atoms. The topological polar surface area (TPSA) is 73.1 Å². The summed E-state index contributed by atoms with van der Waals surface area (Å²) in [6, 6.07) is 20.7. The lowest BCUT2D eigenvalue weighted by Gasteiger charge is -2.16. The minimum atomic E-state index is -0.727. The van der Waals surface area contributed by atoms with Gasteiger partial charge in [0, 0.05) is 17.8 Å². The van der Waals surface area contributed by atoms with Crippen LogP contribution >= 0.6 is 0 Å². The van der Waals surface area contributed by atoms with Crippen molar-refractivity contribution in [3.05, 3.63) is 77.4 Å². The van der Waals surface area contributed by atoms with Crippen molar-refractivity contribution in [3.63, 3.8) is 0 Å². The van der Waals surface area contributed by atoms with Crippen LogP contribution in [0.3, 0.4) is 0 Å². The van der Waals surface area contributed by atoms with Crippen LogP contribution in [0.25, 0.3) is 10.8 Å². The Morgan fingerprint density at radius 2 is 1.88 bits per heavy atom. The van der Waals surface area contributed by atoms with Gasteiger partial charge in [0.1, 0.15) is 0 Å². The predicted molar refractivity (Wildman–Crippen MR) is 98.6 cm³/mol. The van der Waals surface area contributed by atoms with Crippen molar-refractivity contribution in [2.45, 2.75) is 13.0 Å². The third-order valence-electron chi connectivity index (χ3n) is 4.17. The molecule has 0 radical (unpaired) electrons. The van der Waals surface area contributed by atoms with E-state index in [1.165, 1.54) is 6.92 Å². The molecule has 124 valence electrons. The van der Waals surface area contributed by atoms with Crippen LogP contribution in [-0.2, 0) is 0 Å². The first-order chi connectivity index (χ1) is 12.1. The third-order valence-corrected chi connectivity index (χ3v) is 4.17. The van der Waals surface area contributed by atoms with Gasteiger partial charge in [-0.05, 0) is 47.5 Å². The first kappa shape index (κ1) is 16.7. The lowest BCUT2D eigenvalue weighted by Crippen LogP contribution is -2.14. The number of carbonyl (C=O) groups is 1. The number of Topliss-reactive ketones (excluding diaryl/α,β-unsaturated/α-hetero) is 1. The largest absolute Gasteiger partial charge is 0.387 e. The first-order valence-electron chi connectivity index (χ1n) is 8.04. The summed E-state index contributed by atoms with van der Waals surface area (Å²) in [5, 5.41) is 24.8. The number of aliphatic hydroxyl groups excluding tert-OH is 1. The van der Waals surface area contributed by atoms with E-state index >= 15 is 0 Å². The Bertz CT molecular complexity index is 973. The normalized spacial score (nSPS) is 11.7. The quantitative estimate of drug-likeness (QED) is 0.692. The average molecular weight is 330 g/mol. The predicted octanol–water partition coefficient (Wildman–Crippen LogP) is 4.06. The minimum Gasteiger partial charge on any atom is -0.387 e. The van der Waals surface area contributed by atoms with Gasteiger partial charge in [-0.15, -0.1) is 0 Å². The zero-order chi connectivity index (χ0) is 17.8. The fourth-order valence-electron chi connectivity index (χ4n) is 2.81. The van der Waals surface area contributed by atoms with Crippen LogP contribution in [-0.4, -0.2) is 17.4 Å². The maximum absolute atomic E-state index is 11.7. The summed E-state index contributed by atoms with van der Waals surface area (Å²) in [6.07, 6.45) is -0.727. The number of hydrogen-bond acceptors (Lipinski definition) is 4. The van der Waals surface area contributed by atoms with Gasteiger partial charge in [0.25, 0.3) is 0 Å². The molecule has 1 atom stereocenters. The Balaban J connectivity index is 1.80. The maximum atomic E-state index is 11.7. The molecule has 0 aromatic heterocycles. The number of nitriles is 1. The van der Waals surface area contributed by atoms with E-state index in [4.69, 9.17) is 5.26 Å². The maximum Gasteiger partial charge on any atom is 0.161 e. The summed E-state index contributed by atoms with van der Waals surface area (Å²) in [5.41, 5.74) is 2.33. The molecule has 0 aliphatic rings. The van der Waals surface area contributed by atoms with Crippen molar-refractivity contribution in [2.75, 3.05) is 11.9 Å². The monoisotopic (exact) mass is 330 g/mol. The van der Waals surface area contributed by atoms with E-state index in [2.05, 4.69) is 11.4 Å². The smallest absolute Gasteiger partial charge is 0.161 e. The van der Waals surface area contributed by atoms with Crippen LogP contribution in [0.2, 0.25) is 0 Å². The Kier molecular flexibility index (Phi) is 4.78. The standard InChI is InChI=1S/C21H18N2O2/c1-14(24)19-9-6-15(12-22)10-20(19)23-13-21(25)18-8-7-16-4-2-3-5-17(16)11-18/h2-11,21,23,25H,13H2,1H3. The molecule has 3 aromatic rings. The molecule has 0 saturated carbocycles. The highest BCUT2D eigenvalue weighted by Gasteiger charge is 2.12. The van der Waals surface area contributed by atoms with Gasteiger partial charge in [-0.25, -0.2) is 0 Å². The van der Waals surface area contributed by atoms with Crippen molar-refractivity contribution < 1.29 is 9.90 Å². The molecule has 3 rings (SSSR count). The summed E-state index contributed by atoms with van der Waals surface area (Å²) in [5.74, 6) is -0.0906. The zero-order valence-electron chi connectivity index (χ0n) is 13.9. The van der Waals surface area contributed by atoms with Gasteiger partial charge in [0.2, 0.25) is 0 Å². The number of nitrogens with zero attached hydrogens (tertiary/aromatic N) is 1. The van der Waals surface area contributed by atoms with E-state index in [1.54, 1.807) is 18.2 Å². The molecule has 0 spiro atoms. The summed E-state index contributed by atoms with van der Waals surface area (Å²) in [7, 11) is 0. The molecule has 2 N–H and O–H groups in total. The highest BCUT2D eigenvalue weighted by atomic mass is 16.3. The van der Waals surface area contributed by atoms with Crippen LogP contribution < -0.4 is 5.32 Å². The molecular formula is C21H18N2O2. The fraction of sp³-hybridized carbons (Fsp3) is 0.143. The van der Waals surface area contributed by atoms with E-state index in [-0.39, 0.29) is 12.3 Å². The minimum absolute atomic E-state index is 0.0906. The number of ketones is 1. The summed E-state index contributed by atoms with van der Waals surface area (Å²) in [6.45, 7) is 1.72. The van der Waals surface area contributed by atoms with E-state index in [1.807, 2.05) is 42.5 Å². The Labute approximate surface area is 146 Å². The molecule has 1 unspecified atom stereocenters. The van der Waals surface area contributed by atoms with Crippen molar-refractivity contribution in [3.8, 4) is 6.07 Å². The van der Waals surface area contributed by atoms with Crippen molar-refractivity contribution in [2.24, 2.45) is 0 Å². The summed E-state index contributed by atoms with van der Waals surface area (Å²) < 4.78 is 0. The van der Waals surface area contributed by atoms with Crippen LogP contribution in [0.15, 0.2) is 60.7 Å². The van der Waals surface area contributed by atoms with Crippen LogP contribution in [0, 0.1) is 11.3 Å². The third kappa shape index (κ3) is 3.68. The molecule has 0 saturated heterocycles. The molecule has 4 nitrogen and oxygen atoms in total. The van der Waals surface area contributed by atoms with Gasteiger partial charge in [-0.3, -0.25) is 4.79 Å². The highest BCUT2D eigenvalue weighted by Crippen LogP contribution is 2.23. The lowest BCUT2D eigenvalue weighted by atomic mass is 10.0. The Morgan fingerprint density at radius 3 is 2.60 bits per heavy atom. The van der Waals surface area contributed by atoms with Gasteiger partial charge in [0.05, 0.1) is 17.7 Å². The molecule has 0 amide bonds. The molecule has 0 aliphatic heterocycles. The Morgan fingerprint density at radius 1 is 1.12 bits per heavy atom. The van der Waals surface area contributed by atoms with Crippen molar-refractivity contribution >= 4 is 22.2 Å². The number of fused-ring (bicyclic) bond motifs is 1. The van der Waals surface area contributed by atoms with Crippen molar-refractivity contribution in [1.29, 1.82) is 5.26 Å². The molecular weight excluding hydrogens is 312 g/mol. The Hall–Kier alpha value is -3.16. The molecule has 4 heteroatoms. The SMILES string of the molecule is CC(=O)c1ccc(C#N)cc1NCC(O)c1ccc2ccccc2c1. The number of hydrogen-bond donors (Lipinski definition) is 2. The van der Waals surface area contributed by atoms with E-state index in [0.29, 0.717) is 16.8 Å². The van der Waals surface area contributed by atoms with Gasteiger partial charge in [-0.1, -0.05) is 36.4 Å². The number of carbonyl (C=O) groups excluding carboxylic acids is 1. The first-order valence-corrected chi connectivity index (χ1v) is 8.04. The molecule has 0 fully saturated rings. The van der Waals surface area contributed by atoms with Crippen LogP contribution in [0.4, 0.5) is 5.69 Å². The van der Waals surface area contributed by atoms with Gasteiger partial charge in [0.15, 0.2) is 5.78 Å².